The van der Waals surface area contributed by atoms with E-state index in [4.69, 9.17) is 0 Å². The Morgan fingerprint density at radius 1 is 1.48 bits per heavy atom. The van der Waals surface area contributed by atoms with Gasteiger partial charge in [0.15, 0.2) is 9.84 Å². The predicted molar refractivity (Wildman–Crippen MR) is 93.5 cm³/mol. The first-order chi connectivity index (χ1) is 11.6. The molecular weight excluding hydrogens is 346 g/mol. The molecule has 136 valence electrons. The number of nitrogens with zero attached hydrogens (tertiary/aromatic N) is 4. The van der Waals surface area contributed by atoms with Gasteiger partial charge in [-0.25, -0.2) is 23.2 Å². The highest BCUT2D eigenvalue weighted by Gasteiger charge is 2.50. The van der Waals surface area contributed by atoms with Crippen LogP contribution in [-0.4, -0.2) is 76.7 Å². The van der Waals surface area contributed by atoms with Crippen LogP contribution in [0, 0.1) is 0 Å². The third-order valence-corrected chi connectivity index (χ3v) is 7.40. The third-order valence-electron chi connectivity index (χ3n) is 5.23. The lowest BCUT2D eigenvalue weighted by Gasteiger charge is -2.47. The summed E-state index contributed by atoms with van der Waals surface area (Å²) in [6.45, 7) is 1.95. The number of aromatic amines is 1. The van der Waals surface area contributed by atoms with Gasteiger partial charge in [0, 0.05) is 32.6 Å². The van der Waals surface area contributed by atoms with E-state index in [1.165, 1.54) is 17.5 Å². The molecule has 2 atom stereocenters. The van der Waals surface area contributed by atoms with Crippen molar-refractivity contribution in [3.05, 3.63) is 18.6 Å². The van der Waals surface area contributed by atoms with Gasteiger partial charge < -0.3 is 19.9 Å². The van der Waals surface area contributed by atoms with E-state index in [-0.39, 0.29) is 19.5 Å². The Morgan fingerprint density at radius 3 is 2.84 bits per heavy atom. The summed E-state index contributed by atoms with van der Waals surface area (Å²) in [5.41, 5.74) is 0.642. The zero-order valence-corrected chi connectivity index (χ0v) is 15.1. The van der Waals surface area contributed by atoms with Crippen LogP contribution in [0.5, 0.6) is 0 Å². The number of likely N-dealkylation sites (N-methyl/N-ethyl adjacent to an activating group) is 1. The second-order valence-corrected chi connectivity index (χ2v) is 9.10. The fraction of sp³-hybridized carbons (Fsp3) is 0.533. The number of amides is 1. The van der Waals surface area contributed by atoms with Crippen LogP contribution < -0.4 is 4.90 Å². The van der Waals surface area contributed by atoms with Crippen molar-refractivity contribution in [1.29, 1.82) is 0 Å². The number of carbonyl (C=O) groups is 1. The number of H-pyrrole nitrogens is 1. The molecule has 0 spiro atoms. The number of anilines is 1. The van der Waals surface area contributed by atoms with E-state index < -0.39 is 26.7 Å². The van der Waals surface area contributed by atoms with Crippen molar-refractivity contribution >= 4 is 32.8 Å². The van der Waals surface area contributed by atoms with Gasteiger partial charge in [-0.1, -0.05) is 0 Å². The van der Waals surface area contributed by atoms with Gasteiger partial charge in [0.1, 0.15) is 17.8 Å². The van der Waals surface area contributed by atoms with E-state index in [1.807, 2.05) is 6.07 Å². The van der Waals surface area contributed by atoms with E-state index in [9.17, 15) is 18.3 Å². The summed E-state index contributed by atoms with van der Waals surface area (Å²) in [4.78, 5) is 25.9. The molecule has 0 bridgehead atoms. The van der Waals surface area contributed by atoms with E-state index >= 15 is 0 Å². The van der Waals surface area contributed by atoms with Gasteiger partial charge in [0.2, 0.25) is 0 Å². The summed E-state index contributed by atoms with van der Waals surface area (Å²) >= 11 is 0. The normalized spacial score (nSPS) is 24.4. The summed E-state index contributed by atoms with van der Waals surface area (Å²) in [5, 5.41) is 10.1. The highest BCUT2D eigenvalue weighted by atomic mass is 32.2. The summed E-state index contributed by atoms with van der Waals surface area (Å²) in [5.74, 6) is 0.568. The fourth-order valence-electron chi connectivity index (χ4n) is 3.44. The molecule has 1 aliphatic rings. The average molecular weight is 367 g/mol. The third kappa shape index (κ3) is 2.80. The van der Waals surface area contributed by atoms with E-state index in [1.54, 1.807) is 25.1 Å². The number of hydrogen-bond donors (Lipinski definition) is 2. The summed E-state index contributed by atoms with van der Waals surface area (Å²) in [7, 11) is -1.68. The summed E-state index contributed by atoms with van der Waals surface area (Å²) < 4.78 is 23.9. The molecule has 2 N–H and O–H groups in total. The first kappa shape index (κ1) is 17.5. The zero-order chi connectivity index (χ0) is 18.4. The first-order valence-electron chi connectivity index (χ1n) is 7.83. The largest absolute Gasteiger partial charge is 0.465 e. The molecule has 1 saturated heterocycles. The Hall–Kier alpha value is -2.36. The minimum Gasteiger partial charge on any atom is -0.465 e. The van der Waals surface area contributed by atoms with Gasteiger partial charge in [-0.05, 0) is 19.4 Å². The van der Waals surface area contributed by atoms with Crippen molar-refractivity contribution in [2.45, 2.75) is 24.1 Å². The molecule has 0 aliphatic carbocycles. The number of likely N-dealkylation sites (tertiary alicyclic amines) is 1. The fourth-order valence-corrected chi connectivity index (χ4v) is 4.63. The number of hydrogen-bond acceptors (Lipinski definition) is 6. The Labute approximate surface area is 145 Å². The van der Waals surface area contributed by atoms with Crippen molar-refractivity contribution in [2.24, 2.45) is 0 Å². The summed E-state index contributed by atoms with van der Waals surface area (Å²) in [6.07, 6.45) is 3.52. The second-order valence-electron chi connectivity index (χ2n) is 6.63. The topological polar surface area (TPSA) is 119 Å². The van der Waals surface area contributed by atoms with Crippen LogP contribution in [0.3, 0.4) is 0 Å². The Kier molecular flexibility index (Phi) is 4.10. The van der Waals surface area contributed by atoms with E-state index in [2.05, 4.69) is 15.0 Å². The van der Waals surface area contributed by atoms with Crippen LogP contribution in [-0.2, 0) is 9.84 Å². The number of sulfone groups is 1. The molecule has 0 saturated carbocycles. The number of fused-ring (bicyclic) bond motifs is 1. The lowest BCUT2D eigenvalue weighted by atomic mass is 9.91. The molecule has 25 heavy (non-hydrogen) atoms. The maximum absolute atomic E-state index is 12.5. The second kappa shape index (κ2) is 5.87. The lowest BCUT2D eigenvalue weighted by molar-refractivity contribution is 0.122. The maximum Gasteiger partial charge on any atom is 0.407 e. The molecule has 10 heteroatoms. The van der Waals surface area contributed by atoms with Crippen LogP contribution in [0.4, 0.5) is 10.6 Å². The molecule has 1 aliphatic heterocycles. The van der Waals surface area contributed by atoms with Gasteiger partial charge in [-0.3, -0.25) is 0 Å². The van der Waals surface area contributed by atoms with Crippen molar-refractivity contribution in [3.8, 4) is 0 Å². The van der Waals surface area contributed by atoms with Gasteiger partial charge in [0.05, 0.1) is 16.2 Å². The average Bonchev–Trinajstić information content (AvgIpc) is 3.01. The Bertz CT molecular complexity index is 912. The van der Waals surface area contributed by atoms with Gasteiger partial charge >= 0.3 is 6.09 Å². The Balaban J connectivity index is 2.08. The lowest BCUT2D eigenvalue weighted by Crippen LogP contribution is -2.64. The molecule has 0 aromatic carbocycles. The number of rotatable bonds is 3. The van der Waals surface area contributed by atoms with Crippen LogP contribution >= 0.6 is 0 Å². The molecule has 1 fully saturated rings. The molecule has 2 aromatic rings. The van der Waals surface area contributed by atoms with Crippen LogP contribution in [0.1, 0.15) is 13.3 Å². The van der Waals surface area contributed by atoms with Gasteiger partial charge in [-0.2, -0.15) is 0 Å². The molecule has 3 heterocycles. The molecule has 3 rings (SSSR count). The van der Waals surface area contributed by atoms with Crippen LogP contribution in [0.2, 0.25) is 0 Å². The number of piperidine rings is 1. The van der Waals surface area contributed by atoms with E-state index in [0.29, 0.717) is 11.5 Å². The standard InChI is InChI=1S/C15H21N5O4S/c1-15(25(3,23)24)5-7-20(14(21)22)8-11(15)19(2)13-10-4-6-16-12(10)17-9-18-13/h4,6,9,11H,5,7-8H2,1-3H3,(H,21,22)(H,16,17,18). The monoisotopic (exact) mass is 367 g/mol. The minimum absolute atomic E-state index is 0.0886. The smallest absolute Gasteiger partial charge is 0.407 e. The van der Waals surface area contributed by atoms with Gasteiger partial charge in [0.25, 0.3) is 0 Å². The quantitative estimate of drug-likeness (QED) is 0.829. The SMILES string of the molecule is CN(c1ncnc2[nH]ccc12)C1CN(C(=O)O)CCC1(C)S(C)(=O)=O. The molecule has 9 nitrogen and oxygen atoms in total. The molecule has 1 amide bonds. The van der Waals surface area contributed by atoms with Crippen molar-refractivity contribution in [3.63, 3.8) is 0 Å². The van der Waals surface area contributed by atoms with E-state index in [0.717, 1.165) is 5.39 Å². The highest BCUT2D eigenvalue weighted by Crippen LogP contribution is 2.36. The number of carboxylic acid groups (broad SMARTS) is 1. The predicted octanol–water partition coefficient (Wildman–Crippen LogP) is 0.950. The highest BCUT2D eigenvalue weighted by molar-refractivity contribution is 7.92. The van der Waals surface area contributed by atoms with Crippen LogP contribution in [0.15, 0.2) is 18.6 Å². The zero-order valence-electron chi connectivity index (χ0n) is 14.3. The summed E-state index contributed by atoms with van der Waals surface area (Å²) in [6, 6.07) is 1.25. The van der Waals surface area contributed by atoms with Crippen molar-refractivity contribution in [1.82, 2.24) is 19.9 Å². The molecule has 2 unspecified atom stereocenters. The van der Waals surface area contributed by atoms with Crippen molar-refractivity contribution < 1.29 is 18.3 Å². The van der Waals surface area contributed by atoms with Crippen LogP contribution in [0.25, 0.3) is 11.0 Å². The first-order valence-corrected chi connectivity index (χ1v) is 9.72. The molecule has 0 radical (unpaired) electrons. The molecule has 2 aromatic heterocycles. The minimum atomic E-state index is -3.43. The van der Waals surface area contributed by atoms with Crippen molar-refractivity contribution in [2.75, 3.05) is 31.3 Å². The number of aromatic nitrogens is 3. The number of nitrogens with one attached hydrogen (secondary N) is 1. The molecular formula is C15H21N5O4S. The maximum atomic E-state index is 12.5. The van der Waals surface area contributed by atoms with Gasteiger partial charge in [-0.15, -0.1) is 0 Å². The Morgan fingerprint density at radius 2 is 2.20 bits per heavy atom.